The second kappa shape index (κ2) is 8.74. The minimum atomic E-state index is -3.94. The SMILES string of the molecule is O=S(=O)(Nc1ncnc(OCCO)c1-c1ccc(Cl)cc1)c1ccc(Cl)cc1. The highest BCUT2D eigenvalue weighted by atomic mass is 35.5. The molecule has 28 heavy (non-hydrogen) atoms. The van der Waals surface area contributed by atoms with Crippen LogP contribution in [0.15, 0.2) is 59.8 Å². The van der Waals surface area contributed by atoms with Gasteiger partial charge in [-0.15, -0.1) is 0 Å². The third kappa shape index (κ3) is 4.71. The lowest BCUT2D eigenvalue weighted by atomic mass is 10.1. The van der Waals surface area contributed by atoms with Gasteiger partial charge in [-0.3, -0.25) is 4.72 Å². The van der Waals surface area contributed by atoms with E-state index < -0.39 is 10.0 Å². The summed E-state index contributed by atoms with van der Waals surface area (Å²) in [6.07, 6.45) is 1.17. The lowest BCUT2D eigenvalue weighted by Crippen LogP contribution is -2.15. The van der Waals surface area contributed by atoms with Crippen LogP contribution in [0.4, 0.5) is 5.82 Å². The van der Waals surface area contributed by atoms with Crippen LogP contribution in [0.25, 0.3) is 11.1 Å². The Hall–Kier alpha value is -2.39. The van der Waals surface area contributed by atoms with E-state index in [1.807, 2.05) is 0 Å². The van der Waals surface area contributed by atoms with Crippen LogP contribution in [0.3, 0.4) is 0 Å². The van der Waals surface area contributed by atoms with Crippen molar-refractivity contribution in [3.63, 3.8) is 0 Å². The van der Waals surface area contributed by atoms with Crippen LogP contribution in [-0.2, 0) is 10.0 Å². The van der Waals surface area contributed by atoms with Crippen LogP contribution in [0.5, 0.6) is 5.88 Å². The van der Waals surface area contributed by atoms with Crippen molar-refractivity contribution in [2.45, 2.75) is 4.90 Å². The van der Waals surface area contributed by atoms with Crippen molar-refractivity contribution in [2.24, 2.45) is 0 Å². The first kappa shape index (κ1) is 20.3. The van der Waals surface area contributed by atoms with Crippen LogP contribution in [0.2, 0.25) is 10.0 Å². The van der Waals surface area contributed by atoms with E-state index in [4.69, 9.17) is 33.0 Å². The molecule has 0 aliphatic rings. The number of ether oxygens (including phenoxy) is 1. The molecular formula is C18H15Cl2N3O4S. The highest BCUT2D eigenvalue weighted by molar-refractivity contribution is 7.92. The Balaban J connectivity index is 2.07. The molecule has 1 heterocycles. The maximum Gasteiger partial charge on any atom is 0.263 e. The second-order valence-corrected chi connectivity index (χ2v) is 8.10. The molecule has 0 aliphatic heterocycles. The predicted octanol–water partition coefficient (Wildman–Crippen LogP) is 3.62. The molecule has 0 aliphatic carbocycles. The number of hydrogen-bond acceptors (Lipinski definition) is 6. The summed E-state index contributed by atoms with van der Waals surface area (Å²) in [5.41, 5.74) is 0.914. The van der Waals surface area contributed by atoms with Crippen molar-refractivity contribution in [1.29, 1.82) is 0 Å². The molecule has 0 saturated carbocycles. The van der Waals surface area contributed by atoms with E-state index in [0.29, 0.717) is 21.2 Å². The topological polar surface area (TPSA) is 101 Å². The van der Waals surface area contributed by atoms with E-state index in [-0.39, 0.29) is 29.8 Å². The molecule has 10 heteroatoms. The number of nitrogens with zero attached hydrogens (tertiary/aromatic N) is 2. The molecule has 3 aromatic rings. The Bertz CT molecular complexity index is 1060. The molecule has 0 amide bonds. The van der Waals surface area contributed by atoms with E-state index in [0.717, 1.165) is 0 Å². The summed E-state index contributed by atoms with van der Waals surface area (Å²) in [5, 5.41) is 9.98. The minimum Gasteiger partial charge on any atom is -0.475 e. The number of benzene rings is 2. The summed E-state index contributed by atoms with van der Waals surface area (Å²) in [6.45, 7) is -0.239. The summed E-state index contributed by atoms with van der Waals surface area (Å²) in [7, 11) is -3.94. The molecule has 2 aromatic carbocycles. The van der Waals surface area contributed by atoms with Gasteiger partial charge in [-0.25, -0.2) is 18.4 Å². The van der Waals surface area contributed by atoms with Crippen molar-refractivity contribution < 1.29 is 18.3 Å². The number of hydrogen-bond donors (Lipinski definition) is 2. The van der Waals surface area contributed by atoms with Crippen LogP contribution in [0.1, 0.15) is 0 Å². The van der Waals surface area contributed by atoms with Crippen molar-refractivity contribution in [2.75, 3.05) is 17.9 Å². The van der Waals surface area contributed by atoms with Gasteiger partial charge in [-0.2, -0.15) is 0 Å². The average Bonchev–Trinajstić information content (AvgIpc) is 2.67. The van der Waals surface area contributed by atoms with Gasteiger partial charge < -0.3 is 9.84 Å². The highest BCUT2D eigenvalue weighted by Crippen LogP contribution is 2.35. The van der Waals surface area contributed by atoms with Crippen molar-refractivity contribution in [1.82, 2.24) is 9.97 Å². The number of anilines is 1. The number of rotatable bonds is 7. The van der Waals surface area contributed by atoms with Crippen molar-refractivity contribution in [3.8, 4) is 17.0 Å². The van der Waals surface area contributed by atoms with Gasteiger partial charge >= 0.3 is 0 Å². The molecular weight excluding hydrogens is 425 g/mol. The zero-order chi connectivity index (χ0) is 20.1. The fourth-order valence-corrected chi connectivity index (χ4v) is 3.65. The number of aliphatic hydroxyl groups excluding tert-OH is 1. The highest BCUT2D eigenvalue weighted by Gasteiger charge is 2.21. The van der Waals surface area contributed by atoms with Gasteiger partial charge in [0.1, 0.15) is 12.9 Å². The zero-order valence-corrected chi connectivity index (χ0v) is 16.7. The Morgan fingerprint density at radius 1 is 0.964 bits per heavy atom. The van der Waals surface area contributed by atoms with Gasteiger partial charge in [-0.1, -0.05) is 35.3 Å². The van der Waals surface area contributed by atoms with E-state index in [1.54, 1.807) is 24.3 Å². The van der Waals surface area contributed by atoms with Crippen LogP contribution >= 0.6 is 23.2 Å². The molecule has 0 atom stereocenters. The fourth-order valence-electron chi connectivity index (χ4n) is 2.38. The maximum atomic E-state index is 12.8. The monoisotopic (exact) mass is 439 g/mol. The summed E-state index contributed by atoms with van der Waals surface area (Å²) in [5.74, 6) is 0.153. The van der Waals surface area contributed by atoms with E-state index >= 15 is 0 Å². The third-order valence-corrected chi connectivity index (χ3v) is 5.49. The summed E-state index contributed by atoms with van der Waals surface area (Å²) in [4.78, 5) is 8.16. The third-order valence-electron chi connectivity index (χ3n) is 3.63. The predicted molar refractivity (Wildman–Crippen MR) is 107 cm³/mol. The normalized spacial score (nSPS) is 11.2. The second-order valence-electron chi connectivity index (χ2n) is 5.54. The van der Waals surface area contributed by atoms with E-state index in [1.165, 1.54) is 30.6 Å². The molecule has 0 unspecified atom stereocenters. The minimum absolute atomic E-state index is 0.0129. The summed E-state index contributed by atoms with van der Waals surface area (Å²) < 4.78 is 33.4. The number of halogens is 2. The standard InChI is InChI=1S/C18H15Cl2N3O4S/c19-13-3-1-12(2-4-13)16-17(21-11-22-18(16)27-10-9-24)23-28(25,26)15-7-5-14(20)6-8-15/h1-8,11,24H,9-10H2,(H,21,22,23). The van der Waals surface area contributed by atoms with Gasteiger partial charge in [0.2, 0.25) is 5.88 Å². The first-order chi connectivity index (χ1) is 13.4. The molecule has 7 nitrogen and oxygen atoms in total. The Labute approximate surface area is 172 Å². The molecule has 0 saturated heterocycles. The molecule has 146 valence electrons. The average molecular weight is 440 g/mol. The lowest BCUT2D eigenvalue weighted by molar-refractivity contribution is 0.197. The Kier molecular flexibility index (Phi) is 6.35. The van der Waals surface area contributed by atoms with Gasteiger partial charge in [0.25, 0.3) is 10.0 Å². The van der Waals surface area contributed by atoms with Crippen LogP contribution in [0, 0.1) is 0 Å². The number of sulfonamides is 1. The molecule has 0 radical (unpaired) electrons. The Morgan fingerprint density at radius 2 is 1.57 bits per heavy atom. The van der Waals surface area contributed by atoms with Gasteiger partial charge in [0, 0.05) is 10.0 Å². The summed E-state index contributed by atoms with van der Waals surface area (Å²) >= 11 is 11.8. The fraction of sp³-hybridized carbons (Fsp3) is 0.111. The smallest absolute Gasteiger partial charge is 0.263 e. The van der Waals surface area contributed by atoms with Gasteiger partial charge in [-0.05, 0) is 42.0 Å². The quantitative estimate of drug-likeness (QED) is 0.582. The van der Waals surface area contributed by atoms with E-state index in [9.17, 15) is 8.42 Å². The molecule has 0 spiro atoms. The number of aromatic nitrogens is 2. The first-order valence-corrected chi connectivity index (χ1v) is 10.3. The molecule has 3 rings (SSSR count). The number of aliphatic hydroxyl groups is 1. The number of nitrogens with one attached hydrogen (secondary N) is 1. The van der Waals surface area contributed by atoms with E-state index in [2.05, 4.69) is 14.7 Å². The zero-order valence-electron chi connectivity index (χ0n) is 14.3. The lowest BCUT2D eigenvalue weighted by Gasteiger charge is -2.15. The first-order valence-electron chi connectivity index (χ1n) is 8.03. The molecule has 1 aromatic heterocycles. The van der Waals surface area contributed by atoms with Gasteiger partial charge in [0.15, 0.2) is 5.82 Å². The van der Waals surface area contributed by atoms with Crippen LogP contribution < -0.4 is 9.46 Å². The molecule has 0 fully saturated rings. The molecule has 0 bridgehead atoms. The summed E-state index contributed by atoms with van der Waals surface area (Å²) in [6, 6.07) is 12.4. The largest absolute Gasteiger partial charge is 0.475 e. The van der Waals surface area contributed by atoms with Crippen LogP contribution in [-0.4, -0.2) is 36.7 Å². The van der Waals surface area contributed by atoms with Crippen molar-refractivity contribution in [3.05, 3.63) is 64.9 Å². The maximum absolute atomic E-state index is 12.8. The molecule has 2 N–H and O–H groups in total. The van der Waals surface area contributed by atoms with Crippen molar-refractivity contribution >= 4 is 39.0 Å². The van der Waals surface area contributed by atoms with Gasteiger partial charge in [0.05, 0.1) is 17.1 Å². The Morgan fingerprint density at radius 3 is 2.18 bits per heavy atom.